The molecule has 0 radical (unpaired) electrons. The summed E-state index contributed by atoms with van der Waals surface area (Å²) in [5.41, 5.74) is 4.19. The highest BCUT2D eigenvalue weighted by atomic mass is 19.1. The topological polar surface area (TPSA) is 86.2 Å². The number of carbonyl (C=O) groups is 1. The molecular formula is C8H7FN2O3. The Hall–Kier alpha value is -1.98. The molecule has 74 valence electrons. The van der Waals surface area contributed by atoms with Gasteiger partial charge >= 0.3 is 0 Å². The smallest absolute Gasteiger partial charge is 0.273 e. The predicted molar refractivity (Wildman–Crippen MR) is 46.3 cm³/mol. The van der Waals surface area contributed by atoms with E-state index < -0.39 is 22.2 Å². The number of nitro groups is 1. The van der Waals surface area contributed by atoms with Gasteiger partial charge in [0.25, 0.3) is 11.6 Å². The van der Waals surface area contributed by atoms with Gasteiger partial charge in [-0.15, -0.1) is 0 Å². The standard InChI is InChI=1S/C8H7FN2O3/c1-4-2-6(9)5(8(10)12)3-7(4)11(13)14/h2-3H,1H3,(H2,10,12). The highest BCUT2D eigenvalue weighted by molar-refractivity contribution is 5.93. The van der Waals surface area contributed by atoms with Crippen molar-refractivity contribution in [1.29, 1.82) is 0 Å². The first kappa shape index (κ1) is 10.1. The first-order valence-corrected chi connectivity index (χ1v) is 3.68. The van der Waals surface area contributed by atoms with Crippen LogP contribution < -0.4 is 5.73 Å². The van der Waals surface area contributed by atoms with Crippen molar-refractivity contribution in [2.24, 2.45) is 5.73 Å². The molecule has 0 atom stereocenters. The molecule has 0 heterocycles. The summed E-state index contributed by atoms with van der Waals surface area (Å²) in [6, 6.07) is 1.76. The zero-order chi connectivity index (χ0) is 10.9. The number of nitrogens with two attached hydrogens (primary N) is 1. The number of primary amides is 1. The highest BCUT2D eigenvalue weighted by Crippen LogP contribution is 2.21. The van der Waals surface area contributed by atoms with E-state index in [0.29, 0.717) is 0 Å². The molecule has 0 bridgehead atoms. The van der Waals surface area contributed by atoms with Gasteiger partial charge in [0.2, 0.25) is 0 Å². The average molecular weight is 198 g/mol. The molecule has 0 aliphatic heterocycles. The van der Waals surface area contributed by atoms with Crippen LogP contribution >= 0.6 is 0 Å². The number of halogens is 1. The SMILES string of the molecule is Cc1cc(F)c(C(N)=O)cc1[N+](=O)[O-]. The van der Waals surface area contributed by atoms with Gasteiger partial charge in [-0.1, -0.05) is 0 Å². The van der Waals surface area contributed by atoms with Gasteiger partial charge in [0.1, 0.15) is 5.82 Å². The fraction of sp³-hybridized carbons (Fsp3) is 0.125. The van der Waals surface area contributed by atoms with Gasteiger partial charge in [0, 0.05) is 11.6 Å². The molecule has 0 unspecified atom stereocenters. The van der Waals surface area contributed by atoms with Gasteiger partial charge in [-0.05, 0) is 13.0 Å². The summed E-state index contributed by atoms with van der Waals surface area (Å²) in [6.45, 7) is 1.38. The molecule has 6 heteroatoms. The van der Waals surface area contributed by atoms with Crippen LogP contribution in [0.5, 0.6) is 0 Å². The van der Waals surface area contributed by atoms with Gasteiger partial charge in [-0.25, -0.2) is 4.39 Å². The number of benzene rings is 1. The second-order valence-corrected chi connectivity index (χ2v) is 2.74. The van der Waals surface area contributed by atoms with Gasteiger partial charge in [-0.2, -0.15) is 0 Å². The number of hydrogen-bond donors (Lipinski definition) is 1. The van der Waals surface area contributed by atoms with Crippen molar-refractivity contribution in [2.45, 2.75) is 6.92 Å². The van der Waals surface area contributed by atoms with E-state index in [0.717, 1.165) is 12.1 Å². The number of rotatable bonds is 2. The van der Waals surface area contributed by atoms with Crippen LogP contribution in [0.1, 0.15) is 15.9 Å². The Labute approximate surface area is 78.5 Å². The average Bonchev–Trinajstić information content (AvgIpc) is 2.02. The van der Waals surface area contributed by atoms with Crippen molar-refractivity contribution >= 4 is 11.6 Å². The van der Waals surface area contributed by atoms with Crippen molar-refractivity contribution in [1.82, 2.24) is 0 Å². The molecule has 2 N–H and O–H groups in total. The summed E-state index contributed by atoms with van der Waals surface area (Å²) >= 11 is 0. The summed E-state index contributed by atoms with van der Waals surface area (Å²) in [5.74, 6) is -1.87. The molecule has 0 aliphatic rings. The Morgan fingerprint density at radius 1 is 1.57 bits per heavy atom. The molecule has 5 nitrogen and oxygen atoms in total. The predicted octanol–water partition coefficient (Wildman–Crippen LogP) is 1.14. The van der Waals surface area contributed by atoms with Gasteiger partial charge < -0.3 is 5.73 Å². The second-order valence-electron chi connectivity index (χ2n) is 2.74. The normalized spacial score (nSPS) is 9.86. The molecule has 0 aromatic heterocycles. The Morgan fingerprint density at radius 2 is 2.14 bits per heavy atom. The van der Waals surface area contributed by atoms with Crippen LogP contribution in [0.15, 0.2) is 12.1 Å². The van der Waals surface area contributed by atoms with E-state index >= 15 is 0 Å². The Kier molecular flexibility index (Phi) is 2.46. The van der Waals surface area contributed by atoms with Crippen LogP contribution in [0.25, 0.3) is 0 Å². The lowest BCUT2D eigenvalue weighted by Crippen LogP contribution is -2.13. The Morgan fingerprint density at radius 3 is 2.57 bits per heavy atom. The zero-order valence-electron chi connectivity index (χ0n) is 7.28. The molecule has 0 spiro atoms. The van der Waals surface area contributed by atoms with Gasteiger partial charge in [0.15, 0.2) is 0 Å². The monoisotopic (exact) mass is 198 g/mol. The lowest BCUT2D eigenvalue weighted by molar-refractivity contribution is -0.385. The van der Waals surface area contributed by atoms with Crippen LogP contribution in [0.2, 0.25) is 0 Å². The van der Waals surface area contributed by atoms with E-state index in [9.17, 15) is 19.3 Å². The van der Waals surface area contributed by atoms with E-state index in [2.05, 4.69) is 0 Å². The Balaban J connectivity index is 3.42. The summed E-state index contributed by atoms with van der Waals surface area (Å²) in [7, 11) is 0. The third-order valence-electron chi connectivity index (χ3n) is 1.75. The number of aryl methyl sites for hydroxylation is 1. The van der Waals surface area contributed by atoms with E-state index in [4.69, 9.17) is 5.73 Å². The molecule has 0 aliphatic carbocycles. The maximum atomic E-state index is 13.0. The summed E-state index contributed by atoms with van der Waals surface area (Å²) < 4.78 is 13.0. The van der Waals surface area contributed by atoms with Crippen molar-refractivity contribution in [3.8, 4) is 0 Å². The summed E-state index contributed by atoms with van der Waals surface area (Å²) in [4.78, 5) is 20.4. The maximum Gasteiger partial charge on any atom is 0.273 e. The van der Waals surface area contributed by atoms with E-state index in [1.165, 1.54) is 6.92 Å². The summed E-state index contributed by atoms with van der Waals surface area (Å²) in [6.07, 6.45) is 0. The van der Waals surface area contributed by atoms with E-state index in [1.54, 1.807) is 0 Å². The fourth-order valence-electron chi connectivity index (χ4n) is 1.05. The Bertz CT molecular complexity index is 382. The lowest BCUT2D eigenvalue weighted by atomic mass is 10.1. The lowest BCUT2D eigenvalue weighted by Gasteiger charge is -2.01. The summed E-state index contributed by atoms with van der Waals surface area (Å²) in [5, 5.41) is 10.4. The van der Waals surface area contributed by atoms with Crippen LogP contribution in [0, 0.1) is 22.9 Å². The second kappa shape index (κ2) is 3.41. The van der Waals surface area contributed by atoms with Gasteiger partial charge in [-0.3, -0.25) is 14.9 Å². The largest absolute Gasteiger partial charge is 0.366 e. The molecule has 0 fully saturated rings. The third kappa shape index (κ3) is 1.68. The van der Waals surface area contributed by atoms with Crippen molar-refractivity contribution in [3.63, 3.8) is 0 Å². The molecule has 1 aromatic rings. The highest BCUT2D eigenvalue weighted by Gasteiger charge is 2.17. The van der Waals surface area contributed by atoms with Crippen LogP contribution in [0.3, 0.4) is 0 Å². The quantitative estimate of drug-likeness (QED) is 0.571. The number of hydrogen-bond acceptors (Lipinski definition) is 3. The number of nitro benzene ring substituents is 1. The van der Waals surface area contributed by atoms with Crippen LogP contribution in [0.4, 0.5) is 10.1 Å². The molecule has 14 heavy (non-hydrogen) atoms. The van der Waals surface area contributed by atoms with Crippen molar-refractivity contribution < 1.29 is 14.1 Å². The van der Waals surface area contributed by atoms with Crippen LogP contribution in [-0.4, -0.2) is 10.8 Å². The molecular weight excluding hydrogens is 191 g/mol. The minimum Gasteiger partial charge on any atom is -0.366 e. The van der Waals surface area contributed by atoms with Crippen LogP contribution in [-0.2, 0) is 0 Å². The van der Waals surface area contributed by atoms with E-state index in [1.807, 2.05) is 0 Å². The minimum atomic E-state index is -1.02. The molecule has 1 amide bonds. The maximum absolute atomic E-state index is 13.0. The number of carbonyl (C=O) groups excluding carboxylic acids is 1. The first-order valence-electron chi connectivity index (χ1n) is 3.68. The minimum absolute atomic E-state index is 0.150. The number of nitrogens with zero attached hydrogens (tertiary/aromatic N) is 1. The third-order valence-corrected chi connectivity index (χ3v) is 1.75. The van der Waals surface area contributed by atoms with Crippen molar-refractivity contribution in [2.75, 3.05) is 0 Å². The molecule has 0 saturated carbocycles. The molecule has 1 aromatic carbocycles. The van der Waals surface area contributed by atoms with Gasteiger partial charge in [0.05, 0.1) is 10.5 Å². The zero-order valence-corrected chi connectivity index (χ0v) is 7.28. The molecule has 0 saturated heterocycles. The number of amides is 1. The first-order chi connectivity index (χ1) is 6.43. The fourth-order valence-corrected chi connectivity index (χ4v) is 1.05. The van der Waals surface area contributed by atoms with E-state index in [-0.39, 0.29) is 11.3 Å². The molecule has 1 rings (SSSR count). The van der Waals surface area contributed by atoms with Crippen molar-refractivity contribution in [3.05, 3.63) is 39.2 Å².